The zero-order valence-corrected chi connectivity index (χ0v) is 18.7. The molecule has 2 heterocycles. The van der Waals surface area contributed by atoms with Gasteiger partial charge in [0.1, 0.15) is 5.82 Å². The van der Waals surface area contributed by atoms with Gasteiger partial charge in [-0.25, -0.2) is 18.1 Å². The lowest BCUT2D eigenvalue weighted by atomic mass is 10.3. The first kappa shape index (κ1) is 21.7. The smallest absolute Gasteiger partial charge is 0.240 e. The predicted molar refractivity (Wildman–Crippen MR) is 118 cm³/mol. The summed E-state index contributed by atoms with van der Waals surface area (Å²) >= 11 is 4.86. The van der Waals surface area contributed by atoms with Crippen molar-refractivity contribution in [3.05, 3.63) is 57.3 Å². The van der Waals surface area contributed by atoms with Crippen molar-refractivity contribution in [2.24, 2.45) is 0 Å². The van der Waals surface area contributed by atoms with E-state index in [-0.39, 0.29) is 24.1 Å². The van der Waals surface area contributed by atoms with Gasteiger partial charge in [-0.05, 0) is 58.6 Å². The molecule has 0 fully saturated rings. The van der Waals surface area contributed by atoms with E-state index in [4.69, 9.17) is 0 Å². The predicted octanol–water partition coefficient (Wildman–Crippen LogP) is 3.32. The van der Waals surface area contributed by atoms with E-state index in [1.165, 1.54) is 23.5 Å². The van der Waals surface area contributed by atoms with E-state index >= 15 is 0 Å². The minimum atomic E-state index is -3.60. The van der Waals surface area contributed by atoms with E-state index in [1.807, 2.05) is 24.4 Å². The van der Waals surface area contributed by atoms with Gasteiger partial charge in [0.2, 0.25) is 16.0 Å². The number of anilines is 3. The number of aliphatic hydroxyl groups is 1. The molecule has 4 N–H and O–H groups in total. The lowest BCUT2D eigenvalue weighted by Crippen LogP contribution is -2.22. The Morgan fingerprint density at radius 1 is 1.24 bits per heavy atom. The molecule has 0 bridgehead atoms. The molecule has 2 aromatic heterocycles. The van der Waals surface area contributed by atoms with Crippen LogP contribution in [0.5, 0.6) is 0 Å². The molecule has 0 aliphatic carbocycles. The van der Waals surface area contributed by atoms with Gasteiger partial charge < -0.3 is 15.7 Å². The molecule has 0 unspecified atom stereocenters. The molecule has 1 atom stereocenters. The van der Waals surface area contributed by atoms with E-state index in [1.54, 1.807) is 18.3 Å². The van der Waals surface area contributed by atoms with Gasteiger partial charge in [0, 0.05) is 29.3 Å². The van der Waals surface area contributed by atoms with E-state index < -0.39 is 10.0 Å². The Morgan fingerprint density at radius 3 is 2.66 bits per heavy atom. The van der Waals surface area contributed by atoms with Crippen LogP contribution >= 0.6 is 27.3 Å². The fourth-order valence-corrected chi connectivity index (χ4v) is 4.36. The molecule has 8 nitrogen and oxygen atoms in total. The van der Waals surface area contributed by atoms with Crippen molar-refractivity contribution < 1.29 is 13.5 Å². The second-order valence-corrected chi connectivity index (χ2v) is 9.82. The van der Waals surface area contributed by atoms with Crippen LogP contribution in [0.15, 0.2) is 57.3 Å². The van der Waals surface area contributed by atoms with Gasteiger partial charge in [-0.1, -0.05) is 6.07 Å². The standard InChI is InChI=1S/C18H20BrN5O3S2/c1-12(11-25)22-17-16(19)10-20-18(24-17)23-13-4-6-15(7-5-13)29(26,27)21-9-14-3-2-8-28-14/h2-8,10,12,21,25H,9,11H2,1H3,(H2,20,22,23,24)/t12-/m1/s1. The molecule has 0 spiro atoms. The average molecular weight is 498 g/mol. The van der Waals surface area contributed by atoms with Crippen LogP contribution in [0, 0.1) is 0 Å². The summed E-state index contributed by atoms with van der Waals surface area (Å²) in [6.45, 7) is 2.05. The molecule has 3 rings (SSSR count). The van der Waals surface area contributed by atoms with E-state index in [0.29, 0.717) is 21.9 Å². The van der Waals surface area contributed by atoms with Crippen molar-refractivity contribution >= 4 is 54.7 Å². The van der Waals surface area contributed by atoms with Crippen LogP contribution in [0.1, 0.15) is 11.8 Å². The highest BCUT2D eigenvalue weighted by Gasteiger charge is 2.14. The summed E-state index contributed by atoms with van der Waals surface area (Å²) in [6, 6.07) is 9.92. The van der Waals surface area contributed by atoms with E-state index in [9.17, 15) is 13.5 Å². The summed E-state index contributed by atoms with van der Waals surface area (Å²) in [5.41, 5.74) is 0.644. The lowest BCUT2D eigenvalue weighted by Gasteiger charge is -2.14. The zero-order valence-electron chi connectivity index (χ0n) is 15.5. The highest BCUT2D eigenvalue weighted by molar-refractivity contribution is 9.10. The molecule has 0 radical (unpaired) electrons. The van der Waals surface area contributed by atoms with Gasteiger partial charge in [0.25, 0.3) is 0 Å². The highest BCUT2D eigenvalue weighted by Crippen LogP contribution is 2.23. The quantitative estimate of drug-likeness (QED) is 0.358. The summed E-state index contributed by atoms with van der Waals surface area (Å²) in [6.07, 6.45) is 1.59. The van der Waals surface area contributed by atoms with Gasteiger partial charge in [-0.2, -0.15) is 4.98 Å². The maximum absolute atomic E-state index is 12.4. The largest absolute Gasteiger partial charge is 0.394 e. The molecular formula is C18H20BrN5O3S2. The number of aromatic nitrogens is 2. The first-order valence-corrected chi connectivity index (χ1v) is 11.8. The summed E-state index contributed by atoms with van der Waals surface area (Å²) in [5.74, 6) is 0.883. The maximum atomic E-state index is 12.4. The molecule has 0 saturated carbocycles. The Bertz CT molecular complexity index is 1040. The van der Waals surface area contributed by atoms with Crippen molar-refractivity contribution in [2.75, 3.05) is 17.2 Å². The number of hydrogen-bond acceptors (Lipinski definition) is 8. The normalized spacial score (nSPS) is 12.5. The van der Waals surface area contributed by atoms with Crippen LogP contribution in [0.25, 0.3) is 0 Å². The van der Waals surface area contributed by atoms with Gasteiger partial charge >= 0.3 is 0 Å². The average Bonchev–Trinajstić information content (AvgIpc) is 3.23. The first-order valence-electron chi connectivity index (χ1n) is 8.66. The van der Waals surface area contributed by atoms with Crippen LogP contribution in [0.3, 0.4) is 0 Å². The van der Waals surface area contributed by atoms with E-state index in [0.717, 1.165) is 4.88 Å². The first-order chi connectivity index (χ1) is 13.9. The fourth-order valence-electron chi connectivity index (χ4n) is 2.32. The number of hydrogen-bond donors (Lipinski definition) is 4. The van der Waals surface area contributed by atoms with Crippen molar-refractivity contribution in [3.63, 3.8) is 0 Å². The van der Waals surface area contributed by atoms with Crippen molar-refractivity contribution in [1.29, 1.82) is 0 Å². The maximum Gasteiger partial charge on any atom is 0.240 e. The van der Waals surface area contributed by atoms with Crippen molar-refractivity contribution in [2.45, 2.75) is 24.4 Å². The highest BCUT2D eigenvalue weighted by atomic mass is 79.9. The molecule has 0 amide bonds. The molecule has 3 aromatic rings. The summed E-state index contributed by atoms with van der Waals surface area (Å²) in [7, 11) is -3.60. The number of aliphatic hydroxyl groups excluding tert-OH is 1. The third-order valence-electron chi connectivity index (χ3n) is 3.84. The molecular weight excluding hydrogens is 478 g/mol. The van der Waals surface area contributed by atoms with Crippen LogP contribution in [-0.4, -0.2) is 36.1 Å². The second kappa shape index (κ2) is 9.63. The molecule has 29 heavy (non-hydrogen) atoms. The number of thiophene rings is 1. The minimum Gasteiger partial charge on any atom is -0.394 e. The Morgan fingerprint density at radius 2 is 2.00 bits per heavy atom. The van der Waals surface area contributed by atoms with Crippen molar-refractivity contribution in [1.82, 2.24) is 14.7 Å². The Labute approximate surface area is 181 Å². The number of nitrogens with zero attached hydrogens (tertiary/aromatic N) is 2. The number of halogens is 1. The molecule has 0 saturated heterocycles. The van der Waals surface area contributed by atoms with Crippen LogP contribution in [0.2, 0.25) is 0 Å². The number of nitrogens with one attached hydrogen (secondary N) is 3. The second-order valence-electron chi connectivity index (χ2n) is 6.17. The number of rotatable bonds is 9. The molecule has 0 aliphatic heterocycles. The molecule has 11 heteroatoms. The third kappa shape index (κ3) is 5.97. The Hall–Kier alpha value is -2.05. The summed E-state index contributed by atoms with van der Waals surface area (Å²) < 4.78 is 28.1. The van der Waals surface area contributed by atoms with Gasteiger partial charge in [0.05, 0.1) is 16.0 Å². The summed E-state index contributed by atoms with van der Waals surface area (Å²) in [4.78, 5) is 9.68. The Balaban J connectivity index is 1.68. The fraction of sp³-hybridized carbons (Fsp3) is 0.222. The van der Waals surface area contributed by atoms with E-state index in [2.05, 4.69) is 41.3 Å². The van der Waals surface area contributed by atoms with Gasteiger partial charge in [0.15, 0.2) is 0 Å². The number of sulfonamides is 1. The third-order valence-corrected chi connectivity index (χ3v) is 6.71. The van der Waals surface area contributed by atoms with Gasteiger partial charge in [-0.3, -0.25) is 0 Å². The molecule has 0 aliphatic rings. The number of benzene rings is 1. The van der Waals surface area contributed by atoms with Crippen LogP contribution in [0.4, 0.5) is 17.5 Å². The van der Waals surface area contributed by atoms with Crippen LogP contribution < -0.4 is 15.4 Å². The zero-order chi connectivity index (χ0) is 20.9. The lowest BCUT2D eigenvalue weighted by molar-refractivity contribution is 0.281. The summed E-state index contributed by atoms with van der Waals surface area (Å²) in [5, 5.41) is 17.2. The Kier molecular flexibility index (Phi) is 7.19. The van der Waals surface area contributed by atoms with Gasteiger partial charge in [-0.15, -0.1) is 11.3 Å². The molecule has 154 valence electrons. The SMILES string of the molecule is C[C@H](CO)Nc1nc(Nc2ccc(S(=O)(=O)NCc3cccs3)cc2)ncc1Br. The van der Waals surface area contributed by atoms with Crippen LogP contribution in [-0.2, 0) is 16.6 Å². The topological polar surface area (TPSA) is 116 Å². The minimum absolute atomic E-state index is 0.0321. The monoisotopic (exact) mass is 497 g/mol. The molecule has 1 aromatic carbocycles. The van der Waals surface area contributed by atoms with Crippen molar-refractivity contribution in [3.8, 4) is 0 Å².